The zero-order chi connectivity index (χ0) is 18.7. The molecule has 1 aliphatic rings. The van der Waals surface area contributed by atoms with E-state index in [-0.39, 0.29) is 29.6 Å². The largest absolute Gasteiger partial charge is 0.341 e. The van der Waals surface area contributed by atoms with Crippen LogP contribution in [0.1, 0.15) is 17.5 Å². The van der Waals surface area contributed by atoms with Crippen LogP contribution in [0.3, 0.4) is 0 Å². The number of halogens is 1. The molecule has 1 N–H and O–H groups in total. The number of hydrogen-bond acceptors (Lipinski definition) is 4. The topological polar surface area (TPSA) is 78.8 Å². The third-order valence-electron chi connectivity index (χ3n) is 3.99. The van der Waals surface area contributed by atoms with Crippen molar-refractivity contribution in [3.8, 4) is 0 Å². The minimum absolute atomic E-state index is 0.0801. The fraction of sp³-hybridized carbons (Fsp3) is 0.222. The van der Waals surface area contributed by atoms with E-state index in [0.717, 1.165) is 5.56 Å². The zero-order valence-corrected chi connectivity index (χ0v) is 15.7. The van der Waals surface area contributed by atoms with Crippen LogP contribution in [0.15, 0.2) is 58.4 Å². The molecule has 1 amide bonds. The number of carbonyl (C=O) groups excluding carboxylic acids is 1. The van der Waals surface area contributed by atoms with Crippen LogP contribution in [-0.4, -0.2) is 38.7 Å². The Balaban J connectivity index is 1.61. The molecule has 0 unspecified atom stereocenters. The minimum Gasteiger partial charge on any atom is -0.341 e. The summed E-state index contributed by atoms with van der Waals surface area (Å²) in [4.78, 5) is 18.3. The molecule has 0 saturated heterocycles. The lowest BCUT2D eigenvalue weighted by atomic mass is 10.2. The maximum Gasteiger partial charge on any atom is 0.263 e. The van der Waals surface area contributed by atoms with E-state index in [1.54, 1.807) is 36.2 Å². The maximum atomic E-state index is 12.3. The summed E-state index contributed by atoms with van der Waals surface area (Å²) in [5.41, 5.74) is 1.48. The number of aliphatic imine (C=N–C) groups is 1. The summed E-state index contributed by atoms with van der Waals surface area (Å²) in [6.07, 6.45) is 0.185. The van der Waals surface area contributed by atoms with Crippen LogP contribution in [0.4, 0.5) is 0 Å². The van der Waals surface area contributed by atoms with Crippen molar-refractivity contribution in [1.29, 1.82) is 0 Å². The molecule has 0 spiro atoms. The van der Waals surface area contributed by atoms with Crippen molar-refractivity contribution in [3.05, 3.63) is 64.7 Å². The van der Waals surface area contributed by atoms with Crippen molar-refractivity contribution in [2.45, 2.75) is 17.9 Å². The van der Waals surface area contributed by atoms with E-state index in [4.69, 9.17) is 11.6 Å². The molecule has 0 aliphatic carbocycles. The zero-order valence-electron chi connectivity index (χ0n) is 14.1. The van der Waals surface area contributed by atoms with Gasteiger partial charge in [0.1, 0.15) is 5.84 Å². The van der Waals surface area contributed by atoms with E-state index in [0.29, 0.717) is 17.1 Å². The monoisotopic (exact) mass is 391 g/mol. The van der Waals surface area contributed by atoms with Crippen LogP contribution in [0.5, 0.6) is 0 Å². The fourth-order valence-electron chi connectivity index (χ4n) is 2.70. The number of hydrogen-bond donors (Lipinski definition) is 1. The van der Waals surface area contributed by atoms with Crippen LogP contribution in [0, 0.1) is 0 Å². The SMILES string of the molecule is CN(Cc1cccc(Cl)c1)C(=O)CCN=C1NS(=O)(=O)c2ccccc21. The standard InChI is InChI=1S/C18H18ClN3O3S/c1-22(12-13-5-4-6-14(19)11-13)17(23)9-10-20-18-15-7-2-3-8-16(15)26(24,25)21-18/h2-8,11H,9-10,12H2,1H3,(H,20,21). The van der Waals surface area contributed by atoms with Gasteiger partial charge in [0.05, 0.1) is 11.4 Å². The average Bonchev–Trinajstić information content (AvgIpc) is 2.86. The third-order valence-corrected chi connectivity index (χ3v) is 5.63. The Labute approximate surface area is 157 Å². The van der Waals surface area contributed by atoms with Crippen molar-refractivity contribution in [3.63, 3.8) is 0 Å². The van der Waals surface area contributed by atoms with Crippen LogP contribution >= 0.6 is 11.6 Å². The van der Waals surface area contributed by atoms with Gasteiger partial charge in [0, 0.05) is 30.6 Å². The molecule has 8 heteroatoms. The van der Waals surface area contributed by atoms with Crippen molar-refractivity contribution >= 4 is 33.4 Å². The number of nitrogens with one attached hydrogen (secondary N) is 1. The van der Waals surface area contributed by atoms with Gasteiger partial charge in [0.25, 0.3) is 10.0 Å². The van der Waals surface area contributed by atoms with E-state index in [1.165, 1.54) is 6.07 Å². The molecule has 26 heavy (non-hydrogen) atoms. The van der Waals surface area contributed by atoms with Crippen molar-refractivity contribution in [2.75, 3.05) is 13.6 Å². The van der Waals surface area contributed by atoms with E-state index in [1.807, 2.05) is 18.2 Å². The highest BCUT2D eigenvalue weighted by Crippen LogP contribution is 2.22. The molecule has 0 aromatic heterocycles. The molecule has 0 bridgehead atoms. The molecule has 2 aromatic carbocycles. The Bertz CT molecular complexity index is 973. The quantitative estimate of drug-likeness (QED) is 0.850. The van der Waals surface area contributed by atoms with Gasteiger partial charge in [0.15, 0.2) is 0 Å². The fourth-order valence-corrected chi connectivity index (χ4v) is 4.17. The maximum absolute atomic E-state index is 12.3. The van der Waals surface area contributed by atoms with E-state index < -0.39 is 10.0 Å². The van der Waals surface area contributed by atoms with Crippen LogP contribution in [0.2, 0.25) is 5.02 Å². The van der Waals surface area contributed by atoms with Crippen LogP contribution in [-0.2, 0) is 21.4 Å². The summed E-state index contributed by atoms with van der Waals surface area (Å²) in [6, 6.07) is 14.0. The minimum atomic E-state index is -3.56. The molecule has 2 aromatic rings. The second kappa shape index (κ2) is 7.47. The molecule has 6 nitrogen and oxygen atoms in total. The number of nitrogens with zero attached hydrogens (tertiary/aromatic N) is 2. The molecule has 136 valence electrons. The molecular formula is C18H18ClN3O3S. The van der Waals surface area contributed by atoms with E-state index in [2.05, 4.69) is 9.71 Å². The normalized spacial score (nSPS) is 16.2. The van der Waals surface area contributed by atoms with Gasteiger partial charge in [0.2, 0.25) is 5.91 Å². The molecule has 0 radical (unpaired) electrons. The number of benzene rings is 2. The summed E-state index contributed by atoms with van der Waals surface area (Å²) in [6.45, 7) is 0.649. The molecule has 1 aliphatic heterocycles. The number of carbonyl (C=O) groups is 1. The van der Waals surface area contributed by atoms with Gasteiger partial charge < -0.3 is 4.90 Å². The lowest BCUT2D eigenvalue weighted by Gasteiger charge is -2.17. The molecule has 0 saturated carbocycles. The Morgan fingerprint density at radius 3 is 2.73 bits per heavy atom. The predicted molar refractivity (Wildman–Crippen MR) is 101 cm³/mol. The van der Waals surface area contributed by atoms with Gasteiger partial charge in [-0.15, -0.1) is 0 Å². The van der Waals surface area contributed by atoms with Crippen LogP contribution < -0.4 is 4.72 Å². The molecule has 1 heterocycles. The van der Waals surface area contributed by atoms with Gasteiger partial charge >= 0.3 is 0 Å². The van der Waals surface area contributed by atoms with Crippen molar-refractivity contribution in [1.82, 2.24) is 9.62 Å². The smallest absolute Gasteiger partial charge is 0.263 e. The summed E-state index contributed by atoms with van der Waals surface area (Å²) < 4.78 is 26.5. The Morgan fingerprint density at radius 2 is 1.96 bits per heavy atom. The molecular weight excluding hydrogens is 374 g/mol. The van der Waals surface area contributed by atoms with Gasteiger partial charge in [-0.3, -0.25) is 14.5 Å². The first kappa shape index (κ1) is 18.4. The molecule has 0 fully saturated rings. The Hall–Kier alpha value is -2.38. The van der Waals surface area contributed by atoms with Crippen molar-refractivity contribution in [2.24, 2.45) is 4.99 Å². The lowest BCUT2D eigenvalue weighted by Crippen LogP contribution is -2.27. The summed E-state index contributed by atoms with van der Waals surface area (Å²) >= 11 is 5.95. The molecule has 0 atom stereocenters. The first-order chi connectivity index (χ1) is 12.4. The van der Waals surface area contributed by atoms with Gasteiger partial charge in [-0.2, -0.15) is 0 Å². The van der Waals surface area contributed by atoms with Gasteiger partial charge in [-0.25, -0.2) is 8.42 Å². The summed E-state index contributed by atoms with van der Waals surface area (Å²) in [5.74, 6) is 0.203. The third kappa shape index (κ3) is 4.05. The highest BCUT2D eigenvalue weighted by Gasteiger charge is 2.29. The van der Waals surface area contributed by atoms with Gasteiger partial charge in [-0.05, 0) is 29.8 Å². The number of amidine groups is 1. The molecule has 3 rings (SSSR count). The highest BCUT2D eigenvalue weighted by atomic mass is 35.5. The highest BCUT2D eigenvalue weighted by molar-refractivity contribution is 7.90. The first-order valence-electron chi connectivity index (χ1n) is 8.02. The first-order valence-corrected chi connectivity index (χ1v) is 9.88. The number of rotatable bonds is 5. The second-order valence-electron chi connectivity index (χ2n) is 5.96. The number of fused-ring (bicyclic) bond motifs is 1. The summed E-state index contributed by atoms with van der Waals surface area (Å²) in [7, 11) is -1.84. The average molecular weight is 392 g/mol. The predicted octanol–water partition coefficient (Wildman–Crippen LogP) is 2.43. The Morgan fingerprint density at radius 1 is 1.19 bits per heavy atom. The van der Waals surface area contributed by atoms with Gasteiger partial charge in [-0.1, -0.05) is 35.9 Å². The Kier molecular flexibility index (Phi) is 5.29. The number of amides is 1. The van der Waals surface area contributed by atoms with Crippen molar-refractivity contribution < 1.29 is 13.2 Å². The van der Waals surface area contributed by atoms with Crippen LogP contribution in [0.25, 0.3) is 0 Å². The lowest BCUT2D eigenvalue weighted by molar-refractivity contribution is -0.130. The number of sulfonamides is 1. The van der Waals surface area contributed by atoms with E-state index >= 15 is 0 Å². The summed E-state index contributed by atoms with van der Waals surface area (Å²) in [5, 5.41) is 0.627. The second-order valence-corrected chi connectivity index (χ2v) is 8.05. The van der Waals surface area contributed by atoms with E-state index in [9.17, 15) is 13.2 Å².